The van der Waals surface area contributed by atoms with Gasteiger partial charge in [-0.25, -0.2) is 0 Å². The number of esters is 5. The van der Waals surface area contributed by atoms with E-state index in [1.807, 2.05) is 120 Å². The molecule has 0 fully saturated rings. The van der Waals surface area contributed by atoms with Crippen LogP contribution in [0.25, 0.3) is 0 Å². The average molecular weight is 929 g/mol. The highest BCUT2D eigenvalue weighted by atomic mass is 16.5. The largest absolute Gasteiger partial charge is 0.460 e. The molecule has 2 rings (SSSR count). The van der Waals surface area contributed by atoms with Crippen molar-refractivity contribution in [1.29, 1.82) is 0 Å². The molecule has 0 spiro atoms. The first-order valence-corrected chi connectivity index (χ1v) is 23.4. The molecule has 2 N–H and O–H groups in total. The second-order valence-corrected chi connectivity index (χ2v) is 23.2. The molecule has 0 aliphatic heterocycles. The summed E-state index contributed by atoms with van der Waals surface area (Å²) in [6.07, 6.45) is 0. The lowest BCUT2D eigenvalue weighted by Gasteiger charge is -2.28. The van der Waals surface area contributed by atoms with Gasteiger partial charge in [0.05, 0.1) is 27.1 Å². The third kappa shape index (κ3) is 25.3. The highest BCUT2D eigenvalue weighted by Gasteiger charge is 2.29. The molecule has 0 aliphatic rings. The first kappa shape index (κ1) is 63.5. The van der Waals surface area contributed by atoms with Gasteiger partial charge < -0.3 is 34.3 Å². The van der Waals surface area contributed by atoms with E-state index in [2.05, 4.69) is 31.4 Å². The van der Waals surface area contributed by atoms with E-state index < -0.39 is 27.1 Å². The summed E-state index contributed by atoms with van der Waals surface area (Å²) >= 11 is 0. The lowest BCUT2D eigenvalue weighted by atomic mass is 9.96. The highest BCUT2D eigenvalue weighted by Crippen LogP contribution is 2.31. The fourth-order valence-electron chi connectivity index (χ4n) is 4.88. The van der Waals surface area contributed by atoms with E-state index in [4.69, 9.17) is 23.7 Å². The average Bonchev–Trinajstić information content (AvgIpc) is 3.16. The third-order valence-electron chi connectivity index (χ3n) is 8.42. The van der Waals surface area contributed by atoms with Crippen LogP contribution >= 0.6 is 0 Å². The number of carbonyl (C=O) groups excluding carboxylic acids is 5. The number of carbonyl (C=O) groups is 5. The summed E-state index contributed by atoms with van der Waals surface area (Å²) in [5.41, 5.74) is 1.99. The van der Waals surface area contributed by atoms with Crippen LogP contribution < -0.4 is 10.6 Å². The fourth-order valence-corrected chi connectivity index (χ4v) is 4.88. The summed E-state index contributed by atoms with van der Waals surface area (Å²) in [5.74, 6) is -1.49. The predicted octanol–water partition coefficient (Wildman–Crippen LogP) is 13.3. The van der Waals surface area contributed by atoms with E-state index in [1.54, 1.807) is 62.3 Å². The number of ether oxygens (including phenoxy) is 5. The molecule has 2 aromatic carbocycles. The predicted molar refractivity (Wildman–Crippen MR) is 269 cm³/mol. The summed E-state index contributed by atoms with van der Waals surface area (Å²) in [6.45, 7) is 47.8. The maximum atomic E-state index is 12.5. The number of anilines is 2. The summed E-state index contributed by atoms with van der Waals surface area (Å²) in [5, 5.41) is 6.90. The van der Waals surface area contributed by atoms with Crippen LogP contribution in [0.15, 0.2) is 30.3 Å². The van der Waals surface area contributed by atoms with Gasteiger partial charge in [-0.2, -0.15) is 0 Å². The fraction of sp³-hybridized carbons (Fsp3) is 0.685. The molecule has 0 aliphatic carbocycles. The lowest BCUT2D eigenvalue weighted by Crippen LogP contribution is -2.29. The molecule has 0 amide bonds. The van der Waals surface area contributed by atoms with Crippen molar-refractivity contribution in [3.05, 3.63) is 58.1 Å². The number of hydrogen-bond acceptors (Lipinski definition) is 12. The molecule has 0 unspecified atom stereocenters. The Bertz CT molecular complexity index is 1810. The zero-order valence-corrected chi connectivity index (χ0v) is 46.0. The Labute approximate surface area is 400 Å². The summed E-state index contributed by atoms with van der Waals surface area (Å²) in [6, 6.07) is 9.48. The first-order chi connectivity index (χ1) is 29.7. The van der Waals surface area contributed by atoms with Crippen molar-refractivity contribution >= 4 is 41.2 Å². The topological polar surface area (TPSA) is 156 Å². The SMILES string of the molecule is CC.CC.CC(C)(C)Nc1c(COC(=O)C(C)(C)C)cc(COC(=O)C(C)(C)C)cc1COC(=O)C(C)(C)C.CC(C)(C)Nc1ccc(COC(=O)C(C)(C)C)cc1COC(=O)C(C)(C)C. The van der Waals surface area contributed by atoms with Gasteiger partial charge in [0.15, 0.2) is 0 Å². The third-order valence-corrected chi connectivity index (χ3v) is 8.42. The Balaban J connectivity index is 0. The molecular formula is C54H92N2O10. The van der Waals surface area contributed by atoms with Crippen molar-refractivity contribution in [3.63, 3.8) is 0 Å². The van der Waals surface area contributed by atoms with Crippen molar-refractivity contribution in [2.24, 2.45) is 27.1 Å². The van der Waals surface area contributed by atoms with E-state index in [0.717, 1.165) is 22.5 Å². The molecule has 0 saturated heterocycles. The molecule has 2 aromatic rings. The quantitative estimate of drug-likeness (QED) is 0.154. The van der Waals surface area contributed by atoms with Crippen molar-refractivity contribution in [2.75, 3.05) is 10.6 Å². The standard InChI is InChI=1S/C28H45NO6.C22H35NO4.2C2H6/c1-25(2,3)22(30)33-15-18-13-19(16-34-23(31)26(4,5)6)21(29-28(10,11)12)20(14-18)17-35-24(32)27(7,8)9;1-20(2,3)18(24)26-13-15-10-11-17(23-22(7,8)9)16(12-15)14-27-19(25)21(4,5)6;2*1-2/h13-14,29H,15-17H2,1-12H3;10-12,23H,13-14H2,1-9H3;2*1-2H3. The second kappa shape index (κ2) is 26.1. The van der Waals surface area contributed by atoms with Gasteiger partial charge >= 0.3 is 29.8 Å². The van der Waals surface area contributed by atoms with Gasteiger partial charge in [0.25, 0.3) is 0 Å². The van der Waals surface area contributed by atoms with E-state index in [1.165, 1.54) is 0 Å². The van der Waals surface area contributed by atoms with Gasteiger partial charge in [0, 0.05) is 39.1 Å². The lowest BCUT2D eigenvalue weighted by molar-refractivity contribution is -0.155. The zero-order valence-electron chi connectivity index (χ0n) is 46.0. The number of benzene rings is 2. The molecule has 0 atom stereocenters. The van der Waals surface area contributed by atoms with Crippen LogP contribution in [0.5, 0.6) is 0 Å². The number of rotatable bonds is 12. The highest BCUT2D eigenvalue weighted by molar-refractivity contribution is 5.78. The van der Waals surface area contributed by atoms with E-state index in [0.29, 0.717) is 16.7 Å². The molecule has 0 bridgehead atoms. The van der Waals surface area contributed by atoms with Crippen LogP contribution in [0.2, 0.25) is 0 Å². The minimum absolute atomic E-state index is 0.0236. The van der Waals surface area contributed by atoms with Crippen LogP contribution in [-0.4, -0.2) is 40.9 Å². The smallest absolute Gasteiger partial charge is 0.311 e. The number of hydrogen-bond donors (Lipinski definition) is 2. The normalized spacial score (nSPS) is 12.0. The molecule has 0 aromatic heterocycles. The summed E-state index contributed by atoms with van der Waals surface area (Å²) < 4.78 is 27.7. The van der Waals surface area contributed by atoms with E-state index in [9.17, 15) is 24.0 Å². The molecule has 0 heterocycles. The Morgan fingerprint density at radius 3 is 0.909 bits per heavy atom. The minimum Gasteiger partial charge on any atom is -0.460 e. The Morgan fingerprint density at radius 2 is 0.621 bits per heavy atom. The van der Waals surface area contributed by atoms with Gasteiger partial charge in [-0.15, -0.1) is 0 Å². The van der Waals surface area contributed by atoms with Crippen LogP contribution in [0, 0.1) is 27.1 Å². The molecular weight excluding hydrogens is 837 g/mol. The second-order valence-electron chi connectivity index (χ2n) is 23.2. The summed E-state index contributed by atoms with van der Waals surface area (Å²) in [4.78, 5) is 61.4. The monoisotopic (exact) mass is 929 g/mol. The first-order valence-electron chi connectivity index (χ1n) is 23.4. The zero-order chi connectivity index (χ0) is 52.4. The Hall–Kier alpha value is -4.61. The van der Waals surface area contributed by atoms with Gasteiger partial charge in [-0.1, -0.05) is 33.8 Å². The van der Waals surface area contributed by atoms with Crippen molar-refractivity contribution < 1.29 is 47.7 Å². The molecule has 66 heavy (non-hydrogen) atoms. The Morgan fingerprint density at radius 1 is 0.364 bits per heavy atom. The van der Waals surface area contributed by atoms with Crippen molar-refractivity contribution in [1.82, 2.24) is 0 Å². The van der Waals surface area contributed by atoms with E-state index in [-0.39, 0.29) is 74.0 Å². The van der Waals surface area contributed by atoms with Crippen LogP contribution in [0.1, 0.15) is 201 Å². The Kier molecular flexibility index (Phi) is 25.1. The van der Waals surface area contributed by atoms with Gasteiger partial charge in [-0.05, 0) is 181 Å². The van der Waals surface area contributed by atoms with Crippen LogP contribution in [0.4, 0.5) is 11.4 Å². The maximum Gasteiger partial charge on any atom is 0.311 e. The molecule has 12 heteroatoms. The number of nitrogens with one attached hydrogen (secondary N) is 2. The maximum absolute atomic E-state index is 12.5. The molecule has 12 nitrogen and oxygen atoms in total. The van der Waals surface area contributed by atoms with Crippen molar-refractivity contribution in [3.8, 4) is 0 Å². The van der Waals surface area contributed by atoms with Gasteiger partial charge in [0.2, 0.25) is 0 Å². The van der Waals surface area contributed by atoms with Crippen LogP contribution in [-0.2, 0) is 80.7 Å². The summed E-state index contributed by atoms with van der Waals surface area (Å²) in [7, 11) is 0. The minimum atomic E-state index is -0.650. The van der Waals surface area contributed by atoms with Gasteiger partial charge in [-0.3, -0.25) is 24.0 Å². The molecule has 378 valence electrons. The van der Waals surface area contributed by atoms with Crippen molar-refractivity contribution in [2.45, 2.75) is 217 Å². The molecule has 0 radical (unpaired) electrons. The van der Waals surface area contributed by atoms with Crippen LogP contribution in [0.3, 0.4) is 0 Å². The van der Waals surface area contributed by atoms with Gasteiger partial charge in [0.1, 0.15) is 33.0 Å². The van der Waals surface area contributed by atoms with E-state index >= 15 is 0 Å². The molecule has 0 saturated carbocycles.